The van der Waals surface area contributed by atoms with Crippen LogP contribution in [-0.4, -0.2) is 14.6 Å². The molecule has 30 heavy (non-hydrogen) atoms. The smallest absolute Gasteiger partial charge is 0.279 e. The lowest BCUT2D eigenvalue weighted by Gasteiger charge is -2.14. The minimum atomic E-state index is -3.99. The highest BCUT2D eigenvalue weighted by atomic mass is 127. The van der Waals surface area contributed by atoms with Crippen molar-refractivity contribution >= 4 is 55.8 Å². The maximum atomic E-state index is 14.4. The van der Waals surface area contributed by atoms with Gasteiger partial charge in [0.05, 0.1) is 5.69 Å². The van der Waals surface area contributed by atoms with E-state index >= 15 is 0 Å². The van der Waals surface area contributed by atoms with Crippen molar-refractivity contribution in [2.45, 2.75) is 18.2 Å². The van der Waals surface area contributed by atoms with Gasteiger partial charge in [0.15, 0.2) is 11.6 Å². The van der Waals surface area contributed by atoms with Gasteiger partial charge < -0.3 is 0 Å². The summed E-state index contributed by atoms with van der Waals surface area (Å²) >= 11 is 3.19. The van der Waals surface area contributed by atoms with Crippen molar-refractivity contribution in [3.05, 3.63) is 78.8 Å². The van der Waals surface area contributed by atoms with Gasteiger partial charge in [-0.1, -0.05) is 6.07 Å². The first-order valence-electron chi connectivity index (χ1n) is 8.07. The fourth-order valence-electron chi connectivity index (χ4n) is 2.57. The molecular formula is C19H13F3INO4S2. The number of hydrogen-bond acceptors (Lipinski definition) is 5. The molecule has 0 spiro atoms. The van der Waals surface area contributed by atoms with Gasteiger partial charge in [-0.2, -0.15) is 9.59 Å². The molecule has 158 valence electrons. The molecule has 0 radical (unpaired) electrons. The minimum absolute atomic E-state index is 0.0589. The first-order valence-corrected chi connectivity index (χ1v) is 11.5. The van der Waals surface area contributed by atoms with Gasteiger partial charge in [0, 0.05) is 20.4 Å². The number of sulfonamides is 1. The summed E-state index contributed by atoms with van der Waals surface area (Å²) in [4.78, 5) is 16.9. The Morgan fingerprint density at radius 1 is 1.07 bits per heavy atom. The minimum Gasteiger partial charge on any atom is -0.279 e. The van der Waals surface area contributed by atoms with Crippen LogP contribution in [0, 0.1) is 27.9 Å². The van der Waals surface area contributed by atoms with E-state index in [2.05, 4.69) is 4.72 Å². The molecule has 1 N–H and O–H groups in total. The molecule has 0 saturated heterocycles. The number of aryl methyl sites for hydroxylation is 1. The van der Waals surface area contributed by atoms with Gasteiger partial charge >= 0.3 is 6.15 Å². The van der Waals surface area contributed by atoms with Crippen molar-refractivity contribution in [2.24, 2.45) is 0 Å². The van der Waals surface area contributed by atoms with Gasteiger partial charge in [0.25, 0.3) is 10.0 Å². The van der Waals surface area contributed by atoms with Crippen molar-refractivity contribution in [3.63, 3.8) is 0 Å². The first-order chi connectivity index (χ1) is 14.1. The molecule has 0 aliphatic rings. The molecule has 0 atom stereocenters. The van der Waals surface area contributed by atoms with Crippen molar-refractivity contribution in [3.8, 4) is 0 Å². The fourth-order valence-corrected chi connectivity index (χ4v) is 5.39. The van der Waals surface area contributed by atoms with Crippen LogP contribution >= 0.6 is 33.9 Å². The standard InChI is InChI=1S/C18H13F3INO2S2.CO2/c1-10-17(6-7-26-10)27(24,25)23-16-5-4-14(19)18(21)13(16)8-11-2-3-12(22)9-15(11)20;2-1-3/h2-7,9,23H,8H2,1H3;. The highest BCUT2D eigenvalue weighted by molar-refractivity contribution is 14.1. The number of hydrogen-bond donors (Lipinski definition) is 1. The number of anilines is 1. The number of benzene rings is 2. The number of halogens is 4. The summed E-state index contributed by atoms with van der Waals surface area (Å²) in [5.74, 6) is -2.92. The van der Waals surface area contributed by atoms with E-state index in [4.69, 9.17) is 9.59 Å². The Bertz CT molecular complexity index is 1210. The lowest BCUT2D eigenvalue weighted by molar-refractivity contribution is -0.191. The monoisotopic (exact) mass is 567 g/mol. The van der Waals surface area contributed by atoms with Crippen LogP contribution in [0.15, 0.2) is 46.7 Å². The molecule has 3 rings (SSSR count). The molecule has 0 bridgehead atoms. The van der Waals surface area contributed by atoms with Crippen molar-refractivity contribution in [2.75, 3.05) is 4.72 Å². The average Bonchev–Trinajstić information content (AvgIpc) is 3.10. The summed E-state index contributed by atoms with van der Waals surface area (Å²) in [6.45, 7) is 1.65. The normalized spacial score (nSPS) is 10.7. The number of thiophene rings is 1. The summed E-state index contributed by atoms with van der Waals surface area (Å²) in [5, 5.41) is 1.62. The van der Waals surface area contributed by atoms with Crippen LogP contribution in [0.3, 0.4) is 0 Å². The maximum Gasteiger partial charge on any atom is 0.373 e. The predicted octanol–water partition coefficient (Wildman–Crippen LogP) is 4.89. The van der Waals surface area contributed by atoms with E-state index in [0.29, 0.717) is 8.45 Å². The van der Waals surface area contributed by atoms with E-state index in [9.17, 15) is 21.6 Å². The van der Waals surface area contributed by atoms with Gasteiger partial charge in [-0.25, -0.2) is 21.6 Å². The molecule has 1 aromatic heterocycles. The second-order valence-electron chi connectivity index (χ2n) is 5.83. The molecule has 0 unspecified atom stereocenters. The summed E-state index contributed by atoms with van der Waals surface area (Å²) in [7, 11) is -3.99. The third kappa shape index (κ3) is 5.69. The van der Waals surface area contributed by atoms with Gasteiger partial charge in [0.1, 0.15) is 10.7 Å². The van der Waals surface area contributed by atoms with E-state index in [1.165, 1.54) is 29.5 Å². The summed E-state index contributed by atoms with van der Waals surface area (Å²) in [5.41, 5.74) is -0.254. The zero-order chi connectivity index (χ0) is 22.5. The van der Waals surface area contributed by atoms with Crippen LogP contribution in [0.5, 0.6) is 0 Å². The van der Waals surface area contributed by atoms with Gasteiger partial charge in [0.2, 0.25) is 0 Å². The Morgan fingerprint density at radius 2 is 1.73 bits per heavy atom. The summed E-state index contributed by atoms with van der Waals surface area (Å²) < 4.78 is 70.5. The van der Waals surface area contributed by atoms with Crippen LogP contribution in [0.1, 0.15) is 16.0 Å². The maximum absolute atomic E-state index is 14.4. The van der Waals surface area contributed by atoms with Crippen LogP contribution in [0.4, 0.5) is 18.9 Å². The van der Waals surface area contributed by atoms with Gasteiger partial charge in [-0.3, -0.25) is 4.72 Å². The Balaban J connectivity index is 0.00000101. The largest absolute Gasteiger partial charge is 0.373 e. The molecule has 0 aliphatic carbocycles. The van der Waals surface area contributed by atoms with E-state index in [0.717, 1.165) is 12.1 Å². The van der Waals surface area contributed by atoms with Crippen molar-refractivity contribution in [1.29, 1.82) is 0 Å². The quantitative estimate of drug-likeness (QED) is 0.446. The van der Waals surface area contributed by atoms with E-state index in [-0.39, 0.29) is 34.3 Å². The molecule has 3 aromatic rings. The number of carbonyl (C=O) groups excluding carboxylic acids is 2. The third-order valence-corrected chi connectivity index (χ3v) is 7.08. The molecular weight excluding hydrogens is 554 g/mol. The molecule has 0 saturated carbocycles. The predicted molar refractivity (Wildman–Crippen MR) is 113 cm³/mol. The Kier molecular flexibility index (Phi) is 8.18. The molecule has 2 aromatic carbocycles. The first kappa shape index (κ1) is 24.1. The van der Waals surface area contributed by atoms with Crippen molar-refractivity contribution < 1.29 is 31.2 Å². The van der Waals surface area contributed by atoms with E-state index in [1.54, 1.807) is 18.4 Å². The summed E-state index contributed by atoms with van der Waals surface area (Å²) in [6.07, 6.45) is -0.0488. The number of rotatable bonds is 5. The molecule has 0 fully saturated rings. The zero-order valence-corrected chi connectivity index (χ0v) is 19.0. The lowest BCUT2D eigenvalue weighted by atomic mass is 10.0. The third-order valence-electron chi connectivity index (χ3n) is 3.92. The Hall–Kier alpha value is -2.21. The highest BCUT2D eigenvalue weighted by Gasteiger charge is 2.22. The summed E-state index contributed by atoms with van der Waals surface area (Å²) in [6, 6.07) is 7.77. The Labute approximate surface area is 188 Å². The molecule has 5 nitrogen and oxygen atoms in total. The Morgan fingerprint density at radius 3 is 2.30 bits per heavy atom. The van der Waals surface area contributed by atoms with Crippen LogP contribution < -0.4 is 4.72 Å². The van der Waals surface area contributed by atoms with Gasteiger partial charge in [-0.15, -0.1) is 11.3 Å². The topological polar surface area (TPSA) is 80.3 Å². The van der Waals surface area contributed by atoms with Crippen molar-refractivity contribution in [1.82, 2.24) is 0 Å². The fraction of sp³-hybridized carbons (Fsp3) is 0.105. The molecule has 1 heterocycles. The van der Waals surface area contributed by atoms with Crippen LogP contribution in [0.2, 0.25) is 0 Å². The second kappa shape index (κ2) is 10.2. The molecule has 0 aliphatic heterocycles. The molecule has 0 amide bonds. The van der Waals surface area contributed by atoms with Crippen LogP contribution in [-0.2, 0) is 26.0 Å². The highest BCUT2D eigenvalue weighted by Crippen LogP contribution is 2.29. The lowest BCUT2D eigenvalue weighted by Crippen LogP contribution is -2.15. The SMILES string of the molecule is Cc1sccc1S(=O)(=O)Nc1ccc(F)c(F)c1Cc1ccc(I)cc1F.O=C=O. The van der Waals surface area contributed by atoms with E-state index < -0.39 is 27.5 Å². The second-order valence-corrected chi connectivity index (χ2v) is 9.85. The zero-order valence-electron chi connectivity index (χ0n) is 15.2. The van der Waals surface area contributed by atoms with Gasteiger partial charge in [-0.05, 0) is 70.8 Å². The number of nitrogens with one attached hydrogen (secondary N) is 1. The average molecular weight is 567 g/mol. The molecule has 11 heteroatoms. The van der Waals surface area contributed by atoms with Crippen LogP contribution in [0.25, 0.3) is 0 Å². The van der Waals surface area contributed by atoms with E-state index in [1.807, 2.05) is 22.6 Å².